The van der Waals surface area contributed by atoms with Gasteiger partial charge in [-0.3, -0.25) is 4.79 Å². The fraction of sp³-hybridized carbons (Fsp3) is 0.545. The number of hydrogen-bond donors (Lipinski definition) is 2. The summed E-state index contributed by atoms with van der Waals surface area (Å²) in [5, 5.41) is 6.02. The van der Waals surface area contributed by atoms with Crippen LogP contribution in [0.4, 0.5) is 0 Å². The van der Waals surface area contributed by atoms with Crippen molar-refractivity contribution in [2.45, 2.75) is 13.8 Å². The van der Waals surface area contributed by atoms with Crippen LogP contribution in [0.15, 0.2) is 12.1 Å². The number of amides is 1. The molecule has 0 fully saturated rings. The van der Waals surface area contributed by atoms with Gasteiger partial charge in [0.2, 0.25) is 0 Å². The Kier molecular flexibility index (Phi) is 4.77. The quantitative estimate of drug-likeness (QED) is 0.854. The lowest BCUT2D eigenvalue weighted by Crippen LogP contribution is -2.39. The summed E-state index contributed by atoms with van der Waals surface area (Å²) in [5.41, 5.74) is 0.0471. The molecule has 16 heavy (non-hydrogen) atoms. The van der Waals surface area contributed by atoms with Gasteiger partial charge in [-0.25, -0.2) is 0 Å². The van der Waals surface area contributed by atoms with E-state index in [2.05, 4.69) is 24.5 Å². The molecule has 0 saturated heterocycles. The van der Waals surface area contributed by atoms with Gasteiger partial charge in [0.15, 0.2) is 0 Å². The van der Waals surface area contributed by atoms with E-state index in [1.807, 2.05) is 7.05 Å². The van der Waals surface area contributed by atoms with Crippen molar-refractivity contribution in [3.63, 3.8) is 0 Å². The van der Waals surface area contributed by atoms with Gasteiger partial charge < -0.3 is 10.6 Å². The van der Waals surface area contributed by atoms with Crippen molar-refractivity contribution in [2.75, 3.05) is 20.1 Å². The Bertz CT molecular complexity index is 363. The van der Waals surface area contributed by atoms with Crippen molar-refractivity contribution >= 4 is 28.8 Å². The van der Waals surface area contributed by atoms with E-state index in [4.69, 9.17) is 11.6 Å². The summed E-state index contributed by atoms with van der Waals surface area (Å²) in [6, 6.07) is 3.48. The van der Waals surface area contributed by atoms with Gasteiger partial charge in [0.1, 0.15) is 0 Å². The molecule has 90 valence electrons. The normalized spacial score (nSPS) is 11.5. The van der Waals surface area contributed by atoms with Crippen LogP contribution in [-0.2, 0) is 0 Å². The molecule has 5 heteroatoms. The molecule has 1 heterocycles. The van der Waals surface area contributed by atoms with Crippen molar-refractivity contribution in [3.8, 4) is 0 Å². The van der Waals surface area contributed by atoms with Gasteiger partial charge in [-0.15, -0.1) is 11.3 Å². The molecule has 1 aromatic heterocycles. The minimum Gasteiger partial charge on any atom is -0.351 e. The van der Waals surface area contributed by atoms with Crippen molar-refractivity contribution < 1.29 is 4.79 Å². The SMILES string of the molecule is CNCC(C)(C)CNC(=O)c1ccc(Cl)s1. The van der Waals surface area contributed by atoms with E-state index in [9.17, 15) is 4.79 Å². The smallest absolute Gasteiger partial charge is 0.261 e. The largest absolute Gasteiger partial charge is 0.351 e. The average Bonchev–Trinajstić information content (AvgIpc) is 2.61. The third kappa shape index (κ3) is 4.12. The van der Waals surface area contributed by atoms with Crippen LogP contribution in [0.25, 0.3) is 0 Å². The first-order valence-electron chi connectivity index (χ1n) is 5.13. The molecule has 1 rings (SSSR count). The lowest BCUT2D eigenvalue weighted by Gasteiger charge is -2.24. The van der Waals surface area contributed by atoms with Crippen molar-refractivity contribution in [3.05, 3.63) is 21.3 Å². The Balaban J connectivity index is 2.47. The number of nitrogens with one attached hydrogen (secondary N) is 2. The molecule has 0 atom stereocenters. The van der Waals surface area contributed by atoms with Crippen LogP contribution in [0, 0.1) is 5.41 Å². The van der Waals surface area contributed by atoms with Gasteiger partial charge in [0, 0.05) is 13.1 Å². The molecule has 0 aliphatic rings. The second-order valence-electron chi connectivity index (χ2n) is 4.48. The fourth-order valence-corrected chi connectivity index (χ4v) is 2.34. The zero-order chi connectivity index (χ0) is 12.2. The molecule has 0 spiro atoms. The first kappa shape index (κ1) is 13.5. The van der Waals surface area contributed by atoms with E-state index >= 15 is 0 Å². The van der Waals surface area contributed by atoms with E-state index in [0.717, 1.165) is 6.54 Å². The summed E-state index contributed by atoms with van der Waals surface area (Å²) in [4.78, 5) is 12.4. The molecule has 0 unspecified atom stereocenters. The molecule has 1 amide bonds. The molecular formula is C11H17ClN2OS. The first-order chi connectivity index (χ1) is 7.44. The predicted octanol–water partition coefficient (Wildman–Crippen LogP) is 2.38. The van der Waals surface area contributed by atoms with Gasteiger partial charge in [-0.05, 0) is 24.6 Å². The highest BCUT2D eigenvalue weighted by molar-refractivity contribution is 7.17. The van der Waals surface area contributed by atoms with Crippen LogP contribution in [0.2, 0.25) is 4.34 Å². The summed E-state index contributed by atoms with van der Waals surface area (Å²) in [6.07, 6.45) is 0. The molecule has 1 aromatic rings. The van der Waals surface area contributed by atoms with Gasteiger partial charge in [0.25, 0.3) is 5.91 Å². The van der Waals surface area contributed by atoms with Crippen molar-refractivity contribution in [1.29, 1.82) is 0 Å². The lowest BCUT2D eigenvalue weighted by molar-refractivity contribution is 0.0940. The highest BCUT2D eigenvalue weighted by Crippen LogP contribution is 2.21. The third-order valence-corrected chi connectivity index (χ3v) is 3.41. The second-order valence-corrected chi connectivity index (χ2v) is 6.20. The van der Waals surface area contributed by atoms with E-state index in [1.165, 1.54) is 11.3 Å². The van der Waals surface area contributed by atoms with E-state index in [1.54, 1.807) is 12.1 Å². The molecule has 0 saturated carbocycles. The van der Waals surface area contributed by atoms with Gasteiger partial charge in [-0.2, -0.15) is 0 Å². The Morgan fingerprint density at radius 2 is 2.12 bits per heavy atom. The minimum absolute atomic E-state index is 0.0471. The molecule has 0 radical (unpaired) electrons. The Morgan fingerprint density at radius 3 is 2.62 bits per heavy atom. The summed E-state index contributed by atoms with van der Waals surface area (Å²) in [7, 11) is 1.91. The summed E-state index contributed by atoms with van der Waals surface area (Å²) in [6.45, 7) is 5.71. The van der Waals surface area contributed by atoms with E-state index in [0.29, 0.717) is 15.8 Å². The van der Waals surface area contributed by atoms with Crippen LogP contribution in [0.5, 0.6) is 0 Å². The number of carbonyl (C=O) groups is 1. The number of thiophene rings is 1. The Hall–Kier alpha value is -0.580. The molecule has 0 aliphatic carbocycles. The number of hydrogen-bond acceptors (Lipinski definition) is 3. The highest BCUT2D eigenvalue weighted by atomic mass is 35.5. The first-order valence-corrected chi connectivity index (χ1v) is 6.32. The third-order valence-electron chi connectivity index (χ3n) is 2.18. The number of halogens is 1. The highest BCUT2D eigenvalue weighted by Gasteiger charge is 2.18. The molecule has 3 nitrogen and oxygen atoms in total. The van der Waals surface area contributed by atoms with Crippen LogP contribution < -0.4 is 10.6 Å². The van der Waals surface area contributed by atoms with Crippen LogP contribution in [-0.4, -0.2) is 26.0 Å². The molecule has 0 aromatic carbocycles. The zero-order valence-electron chi connectivity index (χ0n) is 9.76. The standard InChI is InChI=1S/C11H17ClN2OS/c1-11(2,6-13-3)7-14-10(15)8-4-5-9(12)16-8/h4-5,13H,6-7H2,1-3H3,(H,14,15). The molecule has 0 aliphatic heterocycles. The summed E-state index contributed by atoms with van der Waals surface area (Å²) < 4.78 is 0.639. The van der Waals surface area contributed by atoms with Crippen LogP contribution in [0.1, 0.15) is 23.5 Å². The Morgan fingerprint density at radius 1 is 1.44 bits per heavy atom. The maximum atomic E-state index is 11.7. The fourth-order valence-electron chi connectivity index (χ4n) is 1.38. The van der Waals surface area contributed by atoms with Gasteiger partial charge in [0.05, 0.1) is 9.21 Å². The predicted molar refractivity (Wildman–Crippen MR) is 69.4 cm³/mol. The van der Waals surface area contributed by atoms with Crippen molar-refractivity contribution in [2.24, 2.45) is 5.41 Å². The lowest BCUT2D eigenvalue weighted by atomic mass is 9.93. The van der Waals surface area contributed by atoms with Crippen LogP contribution >= 0.6 is 22.9 Å². The number of carbonyl (C=O) groups excluding carboxylic acids is 1. The maximum absolute atomic E-state index is 11.7. The topological polar surface area (TPSA) is 41.1 Å². The summed E-state index contributed by atoms with van der Waals surface area (Å²) >= 11 is 7.07. The Labute approximate surface area is 105 Å². The number of rotatable bonds is 5. The minimum atomic E-state index is -0.0546. The van der Waals surface area contributed by atoms with Crippen molar-refractivity contribution in [1.82, 2.24) is 10.6 Å². The molecular weight excluding hydrogens is 244 g/mol. The van der Waals surface area contributed by atoms with E-state index in [-0.39, 0.29) is 11.3 Å². The average molecular weight is 261 g/mol. The summed E-state index contributed by atoms with van der Waals surface area (Å²) in [5.74, 6) is -0.0546. The zero-order valence-corrected chi connectivity index (χ0v) is 11.3. The second kappa shape index (κ2) is 5.66. The molecule has 0 bridgehead atoms. The van der Waals surface area contributed by atoms with Gasteiger partial charge in [-0.1, -0.05) is 25.4 Å². The maximum Gasteiger partial charge on any atom is 0.261 e. The van der Waals surface area contributed by atoms with E-state index < -0.39 is 0 Å². The monoisotopic (exact) mass is 260 g/mol. The molecule has 2 N–H and O–H groups in total. The van der Waals surface area contributed by atoms with Gasteiger partial charge >= 0.3 is 0 Å². The van der Waals surface area contributed by atoms with Crippen LogP contribution in [0.3, 0.4) is 0 Å².